The van der Waals surface area contributed by atoms with Crippen molar-refractivity contribution in [1.82, 2.24) is 0 Å². The van der Waals surface area contributed by atoms with E-state index in [9.17, 15) is 14.7 Å². The molecule has 0 radical (unpaired) electrons. The van der Waals surface area contributed by atoms with E-state index < -0.39 is 6.10 Å². The molecular formula is C22H34O4. The quantitative estimate of drug-likeness (QED) is 0.290. The summed E-state index contributed by atoms with van der Waals surface area (Å²) in [5.74, 6) is 0.0563. The zero-order valence-corrected chi connectivity index (χ0v) is 16.3. The molecule has 0 saturated heterocycles. The fourth-order valence-corrected chi connectivity index (χ4v) is 3.00. The Bertz CT molecular complexity index is 528. The van der Waals surface area contributed by atoms with Gasteiger partial charge in [-0.25, -0.2) is 0 Å². The van der Waals surface area contributed by atoms with Gasteiger partial charge in [-0.2, -0.15) is 0 Å². The van der Waals surface area contributed by atoms with Gasteiger partial charge in [0.2, 0.25) is 0 Å². The number of hydrogen-bond acceptors (Lipinski definition) is 4. The van der Waals surface area contributed by atoms with Crippen LogP contribution in [0, 0.1) is 0 Å². The summed E-state index contributed by atoms with van der Waals surface area (Å²) in [7, 11) is 0. The van der Waals surface area contributed by atoms with Gasteiger partial charge in [-0.1, -0.05) is 50.5 Å². The summed E-state index contributed by atoms with van der Waals surface area (Å²) in [5, 5.41) is 10.00. The number of Topliss-reactive ketones (excluding diaryl/α,β-unsaturated/α-hetero) is 1. The van der Waals surface area contributed by atoms with Crippen molar-refractivity contribution < 1.29 is 19.4 Å². The summed E-state index contributed by atoms with van der Waals surface area (Å²) >= 11 is 0. The summed E-state index contributed by atoms with van der Waals surface area (Å²) < 4.78 is 4.89. The number of aliphatic hydroxyl groups excluding tert-OH is 1. The van der Waals surface area contributed by atoms with Crippen LogP contribution in [0.5, 0.6) is 0 Å². The molecule has 4 nitrogen and oxygen atoms in total. The molecule has 0 aromatic rings. The molecule has 1 aliphatic rings. The summed E-state index contributed by atoms with van der Waals surface area (Å²) in [4.78, 5) is 23.3. The molecule has 1 aliphatic carbocycles. The van der Waals surface area contributed by atoms with E-state index in [1.165, 1.54) is 0 Å². The fourth-order valence-electron chi connectivity index (χ4n) is 3.00. The van der Waals surface area contributed by atoms with E-state index in [0.717, 1.165) is 56.1 Å². The minimum absolute atomic E-state index is 0.153. The van der Waals surface area contributed by atoms with E-state index in [1.54, 1.807) is 6.92 Å². The Morgan fingerprint density at radius 1 is 1.19 bits per heavy atom. The zero-order valence-electron chi connectivity index (χ0n) is 16.3. The lowest BCUT2D eigenvalue weighted by atomic mass is 10.0. The number of hydrogen-bond donors (Lipinski definition) is 1. The predicted octanol–water partition coefficient (Wildman–Crippen LogP) is 4.82. The maximum absolute atomic E-state index is 12.1. The number of carbonyl (C=O) groups is 2. The first-order valence-electron chi connectivity index (χ1n) is 10.0. The summed E-state index contributed by atoms with van der Waals surface area (Å²) in [5.41, 5.74) is 1.92. The topological polar surface area (TPSA) is 63.6 Å². The third kappa shape index (κ3) is 9.14. The van der Waals surface area contributed by atoms with E-state index in [4.69, 9.17) is 4.74 Å². The summed E-state index contributed by atoms with van der Waals surface area (Å²) in [6.07, 6.45) is 15.4. The van der Waals surface area contributed by atoms with Crippen molar-refractivity contribution in [3.05, 3.63) is 35.5 Å². The molecule has 4 heteroatoms. The number of ketones is 1. The SMILES string of the molecule is CCCCC[C@@H](O)C=CC1=C(CC=CCCCC(=O)OCC)C(=O)CC1. The van der Waals surface area contributed by atoms with E-state index in [-0.39, 0.29) is 11.8 Å². The highest BCUT2D eigenvalue weighted by Gasteiger charge is 2.20. The Morgan fingerprint density at radius 2 is 2.00 bits per heavy atom. The van der Waals surface area contributed by atoms with E-state index in [2.05, 4.69) is 6.92 Å². The molecule has 1 N–H and O–H groups in total. The van der Waals surface area contributed by atoms with Crippen LogP contribution < -0.4 is 0 Å². The van der Waals surface area contributed by atoms with Gasteiger partial charge < -0.3 is 9.84 Å². The third-order valence-corrected chi connectivity index (χ3v) is 4.51. The zero-order chi connectivity index (χ0) is 19.2. The van der Waals surface area contributed by atoms with Crippen LogP contribution in [0.1, 0.15) is 78.1 Å². The number of carbonyl (C=O) groups excluding carboxylic acids is 2. The molecule has 0 saturated carbocycles. The Labute approximate surface area is 158 Å². The smallest absolute Gasteiger partial charge is 0.305 e. The average molecular weight is 363 g/mol. The van der Waals surface area contributed by atoms with Crippen molar-refractivity contribution >= 4 is 11.8 Å². The van der Waals surface area contributed by atoms with Gasteiger partial charge in [0.25, 0.3) is 0 Å². The van der Waals surface area contributed by atoms with Gasteiger partial charge >= 0.3 is 5.97 Å². The van der Waals surface area contributed by atoms with Crippen LogP contribution in [0.3, 0.4) is 0 Å². The molecule has 0 aromatic carbocycles. The maximum Gasteiger partial charge on any atom is 0.305 e. The van der Waals surface area contributed by atoms with E-state index in [0.29, 0.717) is 25.9 Å². The Kier molecular flexibility index (Phi) is 11.6. The lowest BCUT2D eigenvalue weighted by Gasteiger charge is -2.05. The minimum atomic E-state index is -0.426. The van der Waals surface area contributed by atoms with Gasteiger partial charge in [-0.05, 0) is 44.6 Å². The lowest BCUT2D eigenvalue weighted by molar-refractivity contribution is -0.143. The van der Waals surface area contributed by atoms with Crippen molar-refractivity contribution in [1.29, 1.82) is 0 Å². The molecule has 0 spiro atoms. The predicted molar refractivity (Wildman–Crippen MR) is 105 cm³/mol. The average Bonchev–Trinajstić information content (AvgIpc) is 2.96. The second kappa shape index (κ2) is 13.5. The molecule has 146 valence electrons. The Morgan fingerprint density at radius 3 is 2.73 bits per heavy atom. The molecule has 0 amide bonds. The molecule has 1 rings (SSSR count). The van der Waals surface area contributed by atoms with Crippen LogP contribution >= 0.6 is 0 Å². The van der Waals surface area contributed by atoms with Crippen molar-refractivity contribution in [2.45, 2.75) is 84.2 Å². The number of rotatable bonds is 13. The van der Waals surface area contributed by atoms with Gasteiger partial charge in [0, 0.05) is 18.4 Å². The number of aliphatic hydroxyl groups is 1. The van der Waals surface area contributed by atoms with Gasteiger partial charge in [0.05, 0.1) is 12.7 Å². The molecule has 0 bridgehead atoms. The van der Waals surface area contributed by atoms with Crippen LogP contribution in [0.15, 0.2) is 35.5 Å². The number of allylic oxidation sites excluding steroid dienone is 5. The van der Waals surface area contributed by atoms with Crippen molar-refractivity contribution in [3.63, 3.8) is 0 Å². The minimum Gasteiger partial charge on any atom is -0.466 e. The van der Waals surface area contributed by atoms with E-state index >= 15 is 0 Å². The van der Waals surface area contributed by atoms with Crippen LogP contribution in [0.25, 0.3) is 0 Å². The largest absolute Gasteiger partial charge is 0.466 e. The molecule has 0 aliphatic heterocycles. The first-order chi connectivity index (χ1) is 12.6. The summed E-state index contributed by atoms with van der Waals surface area (Å²) in [6.45, 7) is 4.38. The standard InChI is InChI=1S/C22H34O4/c1-3-5-8-11-19(23)16-14-18-15-17-21(24)20(18)12-9-6-7-10-13-22(25)26-4-2/h6,9,14,16,19,23H,3-5,7-8,10-13,15,17H2,1-2H3/t19-/m1/s1. The van der Waals surface area contributed by atoms with Gasteiger partial charge in [0.1, 0.15) is 0 Å². The lowest BCUT2D eigenvalue weighted by Crippen LogP contribution is -2.02. The fraction of sp³-hybridized carbons (Fsp3) is 0.636. The molecule has 0 heterocycles. The Hall–Kier alpha value is -1.68. The molecule has 26 heavy (non-hydrogen) atoms. The first kappa shape index (κ1) is 22.4. The molecular weight excluding hydrogens is 328 g/mol. The highest BCUT2D eigenvalue weighted by atomic mass is 16.5. The highest BCUT2D eigenvalue weighted by Crippen LogP contribution is 2.27. The number of esters is 1. The molecule has 0 aromatic heterocycles. The number of unbranched alkanes of at least 4 members (excludes halogenated alkanes) is 3. The van der Waals surface area contributed by atoms with Crippen molar-refractivity contribution in [3.8, 4) is 0 Å². The second-order valence-electron chi connectivity index (χ2n) is 6.72. The van der Waals surface area contributed by atoms with Crippen LogP contribution in [0.4, 0.5) is 0 Å². The number of ether oxygens (including phenoxy) is 1. The van der Waals surface area contributed by atoms with Crippen molar-refractivity contribution in [2.75, 3.05) is 6.61 Å². The summed E-state index contributed by atoms with van der Waals surface area (Å²) in [6, 6.07) is 0. The van der Waals surface area contributed by atoms with Gasteiger partial charge in [-0.15, -0.1) is 0 Å². The first-order valence-corrected chi connectivity index (χ1v) is 10.0. The normalized spacial score (nSPS) is 16.2. The third-order valence-electron chi connectivity index (χ3n) is 4.51. The second-order valence-corrected chi connectivity index (χ2v) is 6.72. The van der Waals surface area contributed by atoms with Gasteiger partial charge in [-0.3, -0.25) is 9.59 Å². The maximum atomic E-state index is 12.1. The van der Waals surface area contributed by atoms with Crippen LogP contribution in [-0.2, 0) is 14.3 Å². The highest BCUT2D eigenvalue weighted by molar-refractivity contribution is 5.99. The van der Waals surface area contributed by atoms with Crippen LogP contribution in [-0.4, -0.2) is 29.6 Å². The van der Waals surface area contributed by atoms with E-state index in [1.807, 2.05) is 24.3 Å². The molecule has 1 atom stereocenters. The molecule has 0 unspecified atom stereocenters. The molecule has 0 fully saturated rings. The van der Waals surface area contributed by atoms with Crippen molar-refractivity contribution in [2.24, 2.45) is 0 Å². The van der Waals surface area contributed by atoms with Gasteiger partial charge in [0.15, 0.2) is 5.78 Å². The van der Waals surface area contributed by atoms with Crippen LogP contribution in [0.2, 0.25) is 0 Å². The Balaban J connectivity index is 2.43. The monoisotopic (exact) mass is 362 g/mol.